The van der Waals surface area contributed by atoms with Gasteiger partial charge < -0.3 is 15.2 Å². The molecule has 2 saturated carbocycles. The SMILES string of the molecule is O=C(O)C1CCC(C(=O)Nc2ccccc2OCC2CC2)CC1. The van der Waals surface area contributed by atoms with E-state index >= 15 is 0 Å². The van der Waals surface area contributed by atoms with Gasteiger partial charge >= 0.3 is 5.97 Å². The van der Waals surface area contributed by atoms with Gasteiger partial charge in [-0.2, -0.15) is 0 Å². The van der Waals surface area contributed by atoms with Crippen LogP contribution in [0, 0.1) is 17.8 Å². The van der Waals surface area contributed by atoms with Crippen LogP contribution in [-0.2, 0) is 9.59 Å². The summed E-state index contributed by atoms with van der Waals surface area (Å²) in [6, 6.07) is 7.50. The van der Waals surface area contributed by atoms with Crippen molar-refractivity contribution in [3.8, 4) is 5.75 Å². The van der Waals surface area contributed by atoms with Crippen molar-refractivity contribution in [1.82, 2.24) is 0 Å². The molecule has 0 heterocycles. The van der Waals surface area contributed by atoms with E-state index in [4.69, 9.17) is 9.84 Å². The van der Waals surface area contributed by atoms with Gasteiger partial charge in [0.15, 0.2) is 0 Å². The summed E-state index contributed by atoms with van der Waals surface area (Å²) in [6.45, 7) is 0.705. The maximum absolute atomic E-state index is 12.4. The summed E-state index contributed by atoms with van der Waals surface area (Å²) in [4.78, 5) is 23.4. The molecule has 2 aliphatic carbocycles. The van der Waals surface area contributed by atoms with Gasteiger partial charge in [-0.15, -0.1) is 0 Å². The highest BCUT2D eigenvalue weighted by molar-refractivity contribution is 5.94. The van der Waals surface area contributed by atoms with Crippen molar-refractivity contribution < 1.29 is 19.4 Å². The topological polar surface area (TPSA) is 75.6 Å². The molecule has 2 aliphatic rings. The van der Waals surface area contributed by atoms with Gasteiger partial charge in [0.1, 0.15) is 5.75 Å². The fourth-order valence-electron chi connectivity index (χ4n) is 3.03. The van der Waals surface area contributed by atoms with E-state index in [1.54, 1.807) is 0 Å². The van der Waals surface area contributed by atoms with Crippen molar-refractivity contribution in [3.05, 3.63) is 24.3 Å². The molecule has 0 unspecified atom stereocenters. The number of ether oxygens (including phenoxy) is 1. The van der Waals surface area contributed by atoms with Crippen LogP contribution in [0.5, 0.6) is 5.75 Å². The van der Waals surface area contributed by atoms with Gasteiger partial charge in [0.05, 0.1) is 18.2 Å². The number of hydrogen-bond donors (Lipinski definition) is 2. The molecule has 23 heavy (non-hydrogen) atoms. The second-order valence-corrected chi connectivity index (χ2v) is 6.63. The Morgan fingerprint density at radius 1 is 1.04 bits per heavy atom. The van der Waals surface area contributed by atoms with Crippen molar-refractivity contribution in [2.24, 2.45) is 17.8 Å². The molecule has 0 atom stereocenters. The lowest BCUT2D eigenvalue weighted by atomic mass is 9.81. The smallest absolute Gasteiger partial charge is 0.306 e. The molecule has 5 heteroatoms. The van der Waals surface area contributed by atoms with Gasteiger partial charge in [-0.3, -0.25) is 9.59 Å². The summed E-state index contributed by atoms with van der Waals surface area (Å²) in [7, 11) is 0. The molecule has 1 aromatic carbocycles. The maximum atomic E-state index is 12.4. The quantitative estimate of drug-likeness (QED) is 0.844. The molecule has 3 rings (SSSR count). The lowest BCUT2D eigenvalue weighted by Gasteiger charge is -2.25. The zero-order valence-electron chi connectivity index (χ0n) is 13.2. The first-order valence-electron chi connectivity index (χ1n) is 8.39. The van der Waals surface area contributed by atoms with Crippen LogP contribution in [0.25, 0.3) is 0 Å². The number of benzene rings is 1. The van der Waals surface area contributed by atoms with Crippen LogP contribution in [0.3, 0.4) is 0 Å². The average Bonchev–Trinajstić information content (AvgIpc) is 3.38. The van der Waals surface area contributed by atoms with Gasteiger partial charge in [-0.1, -0.05) is 12.1 Å². The van der Waals surface area contributed by atoms with Gasteiger partial charge in [0.2, 0.25) is 5.91 Å². The molecule has 1 amide bonds. The molecule has 2 N–H and O–H groups in total. The minimum Gasteiger partial charge on any atom is -0.491 e. The van der Waals surface area contributed by atoms with E-state index in [-0.39, 0.29) is 17.7 Å². The summed E-state index contributed by atoms with van der Waals surface area (Å²) in [6.07, 6.45) is 4.87. The standard InChI is InChI=1S/C18H23NO4/c20-17(13-7-9-14(10-8-13)18(21)22)19-15-3-1-2-4-16(15)23-11-12-5-6-12/h1-4,12-14H,5-11H2,(H,19,20)(H,21,22). The Kier molecular flexibility index (Phi) is 4.84. The van der Waals surface area contributed by atoms with Gasteiger partial charge in [0, 0.05) is 5.92 Å². The van der Waals surface area contributed by atoms with E-state index in [0.717, 1.165) is 0 Å². The molecular formula is C18H23NO4. The Hall–Kier alpha value is -2.04. The number of rotatable bonds is 6. The molecule has 0 bridgehead atoms. The number of carboxylic acid groups (broad SMARTS) is 1. The predicted octanol–water partition coefficient (Wildman–Crippen LogP) is 3.30. The third-order valence-electron chi connectivity index (χ3n) is 4.76. The van der Waals surface area contributed by atoms with Crippen molar-refractivity contribution in [2.45, 2.75) is 38.5 Å². The highest BCUT2D eigenvalue weighted by atomic mass is 16.5. The van der Waals surface area contributed by atoms with Gasteiger partial charge in [0.25, 0.3) is 0 Å². The van der Waals surface area contributed by atoms with E-state index < -0.39 is 5.97 Å². The third-order valence-corrected chi connectivity index (χ3v) is 4.76. The molecule has 2 fully saturated rings. The van der Waals surface area contributed by atoms with Crippen LogP contribution in [0.1, 0.15) is 38.5 Å². The molecule has 5 nitrogen and oxygen atoms in total. The van der Waals surface area contributed by atoms with E-state index in [1.807, 2.05) is 24.3 Å². The lowest BCUT2D eigenvalue weighted by molar-refractivity contribution is -0.143. The molecule has 1 aromatic rings. The molecule has 0 aromatic heterocycles. The number of carbonyl (C=O) groups is 2. The number of carbonyl (C=O) groups excluding carboxylic acids is 1. The Bertz CT molecular complexity index is 574. The monoisotopic (exact) mass is 317 g/mol. The van der Waals surface area contributed by atoms with Crippen molar-refractivity contribution in [3.63, 3.8) is 0 Å². The number of amides is 1. The average molecular weight is 317 g/mol. The largest absolute Gasteiger partial charge is 0.491 e. The highest BCUT2D eigenvalue weighted by Gasteiger charge is 2.30. The maximum Gasteiger partial charge on any atom is 0.306 e. The summed E-state index contributed by atoms with van der Waals surface area (Å²) >= 11 is 0. The Morgan fingerprint density at radius 3 is 2.35 bits per heavy atom. The number of hydrogen-bond acceptors (Lipinski definition) is 3. The van der Waals surface area contributed by atoms with Crippen LogP contribution >= 0.6 is 0 Å². The summed E-state index contributed by atoms with van der Waals surface area (Å²) < 4.78 is 5.81. The van der Waals surface area contributed by atoms with Crippen LogP contribution in [-0.4, -0.2) is 23.6 Å². The van der Waals surface area contributed by atoms with E-state index in [1.165, 1.54) is 12.8 Å². The van der Waals surface area contributed by atoms with Crippen LogP contribution in [0.15, 0.2) is 24.3 Å². The minimum absolute atomic E-state index is 0.0312. The second kappa shape index (κ2) is 7.02. The number of aliphatic carboxylic acids is 1. The fourth-order valence-corrected chi connectivity index (χ4v) is 3.03. The number of anilines is 1. The zero-order chi connectivity index (χ0) is 16.2. The van der Waals surface area contributed by atoms with E-state index in [0.29, 0.717) is 49.6 Å². The zero-order valence-corrected chi connectivity index (χ0v) is 13.2. The normalized spacial score (nSPS) is 24.0. The Labute approximate surface area is 136 Å². The lowest BCUT2D eigenvalue weighted by Crippen LogP contribution is -2.29. The third kappa shape index (κ3) is 4.24. The van der Waals surface area contributed by atoms with Gasteiger partial charge in [-0.05, 0) is 56.6 Å². The summed E-state index contributed by atoms with van der Waals surface area (Å²) in [5.74, 6) is 0.186. The summed E-state index contributed by atoms with van der Waals surface area (Å²) in [5.41, 5.74) is 0.707. The second-order valence-electron chi connectivity index (χ2n) is 6.63. The van der Waals surface area contributed by atoms with E-state index in [9.17, 15) is 9.59 Å². The number of carboxylic acids is 1. The Morgan fingerprint density at radius 2 is 1.70 bits per heavy atom. The molecule has 0 spiro atoms. The molecular weight excluding hydrogens is 294 g/mol. The van der Waals surface area contributed by atoms with Gasteiger partial charge in [-0.25, -0.2) is 0 Å². The molecule has 124 valence electrons. The number of para-hydroxylation sites is 2. The first-order valence-corrected chi connectivity index (χ1v) is 8.39. The van der Waals surface area contributed by atoms with Crippen molar-refractivity contribution in [2.75, 3.05) is 11.9 Å². The molecule has 0 aliphatic heterocycles. The van der Waals surface area contributed by atoms with Crippen LogP contribution < -0.4 is 10.1 Å². The van der Waals surface area contributed by atoms with Crippen LogP contribution in [0.4, 0.5) is 5.69 Å². The minimum atomic E-state index is -0.748. The first-order chi connectivity index (χ1) is 11.1. The molecule has 0 saturated heterocycles. The molecule has 0 radical (unpaired) electrons. The first kappa shape index (κ1) is 15.8. The predicted molar refractivity (Wildman–Crippen MR) is 86.4 cm³/mol. The van der Waals surface area contributed by atoms with Crippen molar-refractivity contribution in [1.29, 1.82) is 0 Å². The van der Waals surface area contributed by atoms with Crippen LogP contribution in [0.2, 0.25) is 0 Å². The van der Waals surface area contributed by atoms with E-state index in [2.05, 4.69) is 5.32 Å². The highest BCUT2D eigenvalue weighted by Crippen LogP contribution is 2.33. The fraction of sp³-hybridized carbons (Fsp3) is 0.556. The Balaban J connectivity index is 1.56. The summed E-state index contributed by atoms with van der Waals surface area (Å²) in [5, 5.41) is 12.0. The number of nitrogens with one attached hydrogen (secondary N) is 1. The van der Waals surface area contributed by atoms with Crippen molar-refractivity contribution >= 4 is 17.6 Å².